The fraction of sp³-hybridized carbons (Fsp3) is 0.190. The molecule has 132 valence electrons. The first kappa shape index (κ1) is 17.6. The third-order valence-corrected chi connectivity index (χ3v) is 4.43. The molecule has 0 unspecified atom stereocenters. The molecule has 0 aliphatic rings. The lowest BCUT2D eigenvalue weighted by molar-refractivity contribution is 0.0827. The monoisotopic (exact) mass is 347 g/mol. The largest absolute Gasteiger partial charge is 0.345 e. The SMILES string of the molecule is Cc1cc(NC(=O)c2cccc(C(=O)N(C)C)c2)c2cccnc2c1C. The van der Waals surface area contributed by atoms with E-state index >= 15 is 0 Å². The number of rotatable bonds is 3. The van der Waals surface area contributed by atoms with Crippen molar-refractivity contribution in [2.45, 2.75) is 13.8 Å². The van der Waals surface area contributed by atoms with Gasteiger partial charge in [-0.2, -0.15) is 0 Å². The number of benzene rings is 2. The number of nitrogens with one attached hydrogen (secondary N) is 1. The molecule has 2 amide bonds. The Kier molecular flexibility index (Phi) is 4.71. The molecule has 1 N–H and O–H groups in total. The van der Waals surface area contributed by atoms with Crippen LogP contribution in [0.15, 0.2) is 48.7 Å². The zero-order valence-corrected chi connectivity index (χ0v) is 15.3. The van der Waals surface area contributed by atoms with Crippen LogP contribution in [0.1, 0.15) is 31.8 Å². The summed E-state index contributed by atoms with van der Waals surface area (Å²) in [5.41, 5.74) is 4.66. The van der Waals surface area contributed by atoms with Crippen LogP contribution in [0, 0.1) is 13.8 Å². The molecule has 0 saturated heterocycles. The molecule has 3 aromatic rings. The molecule has 0 radical (unpaired) electrons. The van der Waals surface area contributed by atoms with Gasteiger partial charge < -0.3 is 10.2 Å². The lowest BCUT2D eigenvalue weighted by Gasteiger charge is -2.13. The number of aryl methyl sites for hydroxylation is 2. The summed E-state index contributed by atoms with van der Waals surface area (Å²) >= 11 is 0. The van der Waals surface area contributed by atoms with Crippen LogP contribution < -0.4 is 5.32 Å². The molecule has 0 atom stereocenters. The Labute approximate surface area is 152 Å². The first-order valence-corrected chi connectivity index (χ1v) is 8.36. The van der Waals surface area contributed by atoms with Gasteiger partial charge in [0, 0.05) is 36.8 Å². The number of hydrogen-bond donors (Lipinski definition) is 1. The Hall–Kier alpha value is -3.21. The van der Waals surface area contributed by atoms with Gasteiger partial charge in [0.2, 0.25) is 0 Å². The topological polar surface area (TPSA) is 62.3 Å². The molecule has 0 aliphatic carbocycles. The number of pyridine rings is 1. The Morgan fingerprint density at radius 2 is 1.73 bits per heavy atom. The summed E-state index contributed by atoms with van der Waals surface area (Å²) in [5.74, 6) is -0.396. The molecule has 3 rings (SSSR count). The summed E-state index contributed by atoms with van der Waals surface area (Å²) in [7, 11) is 3.37. The second kappa shape index (κ2) is 6.96. The summed E-state index contributed by atoms with van der Waals surface area (Å²) in [6.07, 6.45) is 1.75. The fourth-order valence-corrected chi connectivity index (χ4v) is 2.86. The molecule has 5 nitrogen and oxygen atoms in total. The minimum atomic E-state index is -0.258. The van der Waals surface area contributed by atoms with Crippen molar-refractivity contribution < 1.29 is 9.59 Å². The van der Waals surface area contributed by atoms with E-state index in [1.54, 1.807) is 44.6 Å². The highest BCUT2D eigenvalue weighted by atomic mass is 16.2. The van der Waals surface area contributed by atoms with Crippen LogP contribution in [-0.2, 0) is 0 Å². The quantitative estimate of drug-likeness (QED) is 0.784. The molecule has 0 aliphatic heterocycles. The van der Waals surface area contributed by atoms with Crippen molar-refractivity contribution in [1.29, 1.82) is 0 Å². The number of amides is 2. The van der Waals surface area contributed by atoms with E-state index < -0.39 is 0 Å². The smallest absolute Gasteiger partial charge is 0.255 e. The Balaban J connectivity index is 1.97. The lowest BCUT2D eigenvalue weighted by atomic mass is 10.0. The predicted octanol–water partition coefficient (Wildman–Crippen LogP) is 3.81. The van der Waals surface area contributed by atoms with E-state index in [1.807, 2.05) is 32.0 Å². The number of anilines is 1. The summed E-state index contributed by atoms with van der Waals surface area (Å²) in [6.45, 7) is 4.02. The predicted molar refractivity (Wildman–Crippen MR) is 104 cm³/mol. The third kappa shape index (κ3) is 3.28. The second-order valence-corrected chi connectivity index (χ2v) is 6.50. The van der Waals surface area contributed by atoms with Crippen LogP contribution in [0.2, 0.25) is 0 Å². The van der Waals surface area contributed by atoms with Gasteiger partial charge in [0.05, 0.1) is 11.2 Å². The maximum absolute atomic E-state index is 12.7. The van der Waals surface area contributed by atoms with E-state index in [2.05, 4.69) is 10.3 Å². The molecule has 0 bridgehead atoms. The van der Waals surface area contributed by atoms with E-state index in [9.17, 15) is 9.59 Å². The summed E-state index contributed by atoms with van der Waals surface area (Å²) in [6, 6.07) is 12.5. The Morgan fingerprint density at radius 1 is 1.00 bits per heavy atom. The first-order chi connectivity index (χ1) is 12.4. The van der Waals surface area contributed by atoms with Gasteiger partial charge in [0.1, 0.15) is 0 Å². The molecule has 2 aromatic carbocycles. The van der Waals surface area contributed by atoms with Gasteiger partial charge >= 0.3 is 0 Å². The van der Waals surface area contributed by atoms with Crippen molar-refractivity contribution in [3.05, 3.63) is 70.9 Å². The molecule has 1 aromatic heterocycles. The Bertz CT molecular complexity index is 1010. The molecular formula is C21H21N3O2. The number of aromatic nitrogens is 1. The highest BCUT2D eigenvalue weighted by Crippen LogP contribution is 2.28. The third-order valence-electron chi connectivity index (χ3n) is 4.43. The van der Waals surface area contributed by atoms with Crippen molar-refractivity contribution in [1.82, 2.24) is 9.88 Å². The number of hydrogen-bond acceptors (Lipinski definition) is 3. The molecule has 0 spiro atoms. The van der Waals surface area contributed by atoms with Crippen LogP contribution in [0.3, 0.4) is 0 Å². The van der Waals surface area contributed by atoms with E-state index in [4.69, 9.17) is 0 Å². The average molecular weight is 347 g/mol. The second-order valence-electron chi connectivity index (χ2n) is 6.50. The maximum atomic E-state index is 12.7. The fourth-order valence-electron chi connectivity index (χ4n) is 2.86. The van der Waals surface area contributed by atoms with E-state index in [-0.39, 0.29) is 11.8 Å². The highest BCUT2D eigenvalue weighted by Gasteiger charge is 2.14. The molecule has 0 saturated carbocycles. The minimum Gasteiger partial charge on any atom is -0.345 e. The highest BCUT2D eigenvalue weighted by molar-refractivity contribution is 6.10. The van der Waals surface area contributed by atoms with Gasteiger partial charge in [0.25, 0.3) is 11.8 Å². The molecule has 5 heteroatoms. The van der Waals surface area contributed by atoms with Crippen molar-refractivity contribution >= 4 is 28.4 Å². The zero-order valence-electron chi connectivity index (χ0n) is 15.3. The number of carbonyl (C=O) groups is 2. The van der Waals surface area contributed by atoms with Gasteiger partial charge in [-0.3, -0.25) is 14.6 Å². The van der Waals surface area contributed by atoms with E-state index in [0.717, 1.165) is 22.0 Å². The summed E-state index contributed by atoms with van der Waals surface area (Å²) in [5, 5.41) is 3.85. The van der Waals surface area contributed by atoms with Crippen LogP contribution in [0.5, 0.6) is 0 Å². The van der Waals surface area contributed by atoms with Crippen LogP contribution >= 0.6 is 0 Å². The van der Waals surface area contributed by atoms with Gasteiger partial charge in [-0.05, 0) is 61.4 Å². The van der Waals surface area contributed by atoms with Crippen molar-refractivity contribution in [3.63, 3.8) is 0 Å². The first-order valence-electron chi connectivity index (χ1n) is 8.36. The summed E-state index contributed by atoms with van der Waals surface area (Å²) < 4.78 is 0. The van der Waals surface area contributed by atoms with E-state index in [1.165, 1.54) is 4.90 Å². The standard InChI is InChI=1S/C21H21N3O2/c1-13-11-18(17-9-6-10-22-19(17)14(13)2)23-20(25)15-7-5-8-16(12-15)21(26)24(3)4/h5-12H,1-4H3,(H,23,25). The van der Waals surface area contributed by atoms with Crippen LogP contribution in [0.25, 0.3) is 10.9 Å². The Morgan fingerprint density at radius 3 is 2.46 bits per heavy atom. The molecule has 26 heavy (non-hydrogen) atoms. The van der Waals surface area contributed by atoms with E-state index in [0.29, 0.717) is 16.8 Å². The lowest BCUT2D eigenvalue weighted by Crippen LogP contribution is -2.22. The number of fused-ring (bicyclic) bond motifs is 1. The summed E-state index contributed by atoms with van der Waals surface area (Å²) in [4.78, 5) is 30.8. The van der Waals surface area contributed by atoms with Gasteiger partial charge in [-0.25, -0.2) is 0 Å². The van der Waals surface area contributed by atoms with Crippen LogP contribution in [0.4, 0.5) is 5.69 Å². The van der Waals surface area contributed by atoms with Crippen molar-refractivity contribution in [2.24, 2.45) is 0 Å². The molecular weight excluding hydrogens is 326 g/mol. The maximum Gasteiger partial charge on any atom is 0.255 e. The average Bonchev–Trinajstić information content (AvgIpc) is 2.65. The van der Waals surface area contributed by atoms with Gasteiger partial charge in [0.15, 0.2) is 0 Å². The minimum absolute atomic E-state index is 0.138. The number of carbonyl (C=O) groups excluding carboxylic acids is 2. The zero-order chi connectivity index (χ0) is 18.8. The number of nitrogens with zero attached hydrogens (tertiary/aromatic N) is 2. The van der Waals surface area contributed by atoms with Crippen LogP contribution in [-0.4, -0.2) is 35.8 Å². The van der Waals surface area contributed by atoms with Crippen molar-refractivity contribution in [3.8, 4) is 0 Å². The molecule has 0 fully saturated rings. The normalized spacial score (nSPS) is 10.6. The van der Waals surface area contributed by atoms with Gasteiger partial charge in [-0.15, -0.1) is 0 Å². The van der Waals surface area contributed by atoms with Crippen molar-refractivity contribution in [2.75, 3.05) is 19.4 Å². The van der Waals surface area contributed by atoms with Gasteiger partial charge in [-0.1, -0.05) is 6.07 Å². The molecule has 1 heterocycles.